The predicted octanol–water partition coefficient (Wildman–Crippen LogP) is 0.633. The molecule has 1 aromatic heterocycles. The summed E-state index contributed by atoms with van der Waals surface area (Å²) >= 11 is 0. The van der Waals surface area contributed by atoms with Crippen LogP contribution in [0.1, 0.15) is 5.56 Å². The van der Waals surface area contributed by atoms with Crippen LogP contribution in [0, 0.1) is 6.92 Å². The number of nitrogens with zero attached hydrogens (tertiary/aromatic N) is 3. The number of hydrogen-bond donors (Lipinski definition) is 1. The molecular weight excluding hydrogens is 128 g/mol. The van der Waals surface area contributed by atoms with Gasteiger partial charge >= 0.3 is 0 Å². The van der Waals surface area contributed by atoms with E-state index in [-0.39, 0.29) is 0 Å². The fraction of sp³-hybridized carbons (Fsp3) is 0.167. The van der Waals surface area contributed by atoms with E-state index in [0.29, 0.717) is 0 Å². The molecule has 0 unspecified atom stereocenters. The first-order valence-electron chi connectivity index (χ1n) is 2.88. The molecule has 1 rings (SSSR count). The number of aryl methyl sites for hydroxylation is 1. The van der Waals surface area contributed by atoms with E-state index >= 15 is 0 Å². The molecule has 0 spiro atoms. The Kier molecular flexibility index (Phi) is 2.37. The average Bonchev–Trinajstić information content (AvgIpc) is 2.02. The number of hydrogen-bond acceptors (Lipinski definition) is 3. The van der Waals surface area contributed by atoms with Gasteiger partial charge in [-0.25, -0.2) is 9.97 Å². The Labute approximate surface area is 58.7 Å². The van der Waals surface area contributed by atoms with Crippen molar-refractivity contribution in [3.05, 3.63) is 30.6 Å². The van der Waals surface area contributed by atoms with Crippen LogP contribution in [0.15, 0.2) is 25.0 Å². The molecule has 1 aromatic rings. The van der Waals surface area contributed by atoms with Gasteiger partial charge in [0.25, 0.3) is 0 Å². The molecule has 4 heteroatoms. The van der Waals surface area contributed by atoms with Crippen LogP contribution in [0.3, 0.4) is 0 Å². The maximum Gasteiger partial charge on any atom is 0.137 e. The summed E-state index contributed by atoms with van der Waals surface area (Å²) in [4.78, 5) is 7.57. The quantitative estimate of drug-likeness (QED) is 0.569. The van der Waals surface area contributed by atoms with Crippen molar-refractivity contribution in [2.75, 3.05) is 0 Å². The first kappa shape index (κ1) is 6.67. The largest absolute Gasteiger partial charge is 0.284 e. The first-order valence-corrected chi connectivity index (χ1v) is 2.88. The molecule has 0 atom stereocenters. The lowest BCUT2D eigenvalue weighted by molar-refractivity contribution is 1.00. The Balaban J connectivity index is 3.13. The summed E-state index contributed by atoms with van der Waals surface area (Å²) in [6, 6.07) is 0. The molecule has 0 saturated carbocycles. The highest BCUT2D eigenvalue weighted by Gasteiger charge is 1.71. The number of aromatic amines is 1. The third-order valence-electron chi connectivity index (χ3n) is 0.903. The molecule has 0 saturated heterocycles. The monoisotopic (exact) mass is 136 g/mol. The van der Waals surface area contributed by atoms with E-state index in [9.17, 15) is 0 Å². The molecule has 0 aliphatic heterocycles. The molecule has 4 nitrogen and oxygen atoms in total. The molecule has 0 fully saturated rings. The standard InChI is InChI=1S/C6H8N4/c1-6-2-7-4-8-5-10-9-3-6/h2-5,9H,1H3. The highest BCUT2D eigenvalue weighted by molar-refractivity contribution is 4.94. The second-order valence-corrected chi connectivity index (χ2v) is 1.80. The Hall–Kier alpha value is -1.45. The summed E-state index contributed by atoms with van der Waals surface area (Å²) in [7, 11) is 0. The van der Waals surface area contributed by atoms with E-state index in [1.165, 1.54) is 12.7 Å². The number of aromatic nitrogens is 4. The van der Waals surface area contributed by atoms with Crippen LogP contribution in [-0.4, -0.2) is 20.2 Å². The zero-order valence-corrected chi connectivity index (χ0v) is 5.65. The molecule has 0 aliphatic carbocycles. The van der Waals surface area contributed by atoms with E-state index in [2.05, 4.69) is 20.2 Å². The normalized spacial score (nSPS) is 8.50. The molecule has 10 heavy (non-hydrogen) atoms. The fourth-order valence-corrected chi connectivity index (χ4v) is 0.462. The molecule has 0 aromatic carbocycles. The topological polar surface area (TPSA) is 54.5 Å². The Morgan fingerprint density at radius 3 is 3.10 bits per heavy atom. The van der Waals surface area contributed by atoms with Crippen molar-refractivity contribution in [2.45, 2.75) is 6.92 Å². The van der Waals surface area contributed by atoms with Crippen molar-refractivity contribution in [2.24, 2.45) is 0 Å². The van der Waals surface area contributed by atoms with Crippen LogP contribution in [0.25, 0.3) is 0 Å². The molecule has 0 aliphatic rings. The van der Waals surface area contributed by atoms with E-state index < -0.39 is 0 Å². The van der Waals surface area contributed by atoms with Gasteiger partial charge in [0.2, 0.25) is 0 Å². The van der Waals surface area contributed by atoms with Crippen LogP contribution in [-0.2, 0) is 0 Å². The van der Waals surface area contributed by atoms with Crippen molar-refractivity contribution in [3.8, 4) is 0 Å². The van der Waals surface area contributed by atoms with Gasteiger partial charge in [-0.15, -0.1) is 0 Å². The molecule has 1 heterocycles. The highest BCUT2D eigenvalue weighted by atomic mass is 15.1. The number of nitrogens with one attached hydrogen (secondary N) is 1. The zero-order valence-electron chi connectivity index (χ0n) is 5.65. The lowest BCUT2D eigenvalue weighted by Crippen LogP contribution is -1.71. The summed E-state index contributed by atoms with van der Waals surface area (Å²) in [6.07, 6.45) is 6.28. The second kappa shape index (κ2) is 3.55. The third kappa shape index (κ3) is 2.21. The van der Waals surface area contributed by atoms with Crippen molar-refractivity contribution in [3.63, 3.8) is 0 Å². The first-order chi connectivity index (χ1) is 4.89. The van der Waals surface area contributed by atoms with Crippen LogP contribution in [0.4, 0.5) is 0 Å². The second-order valence-electron chi connectivity index (χ2n) is 1.80. The van der Waals surface area contributed by atoms with Gasteiger partial charge in [-0.1, -0.05) is 0 Å². The zero-order chi connectivity index (χ0) is 7.23. The third-order valence-corrected chi connectivity index (χ3v) is 0.903. The minimum atomic E-state index is 1.01. The lowest BCUT2D eigenvalue weighted by Gasteiger charge is -1.76. The molecule has 0 amide bonds. The van der Waals surface area contributed by atoms with Crippen molar-refractivity contribution in [1.29, 1.82) is 0 Å². The van der Waals surface area contributed by atoms with Crippen LogP contribution in [0.5, 0.6) is 0 Å². The average molecular weight is 136 g/mol. The van der Waals surface area contributed by atoms with Crippen LogP contribution in [0.2, 0.25) is 0 Å². The molecule has 0 radical (unpaired) electrons. The predicted molar refractivity (Wildman–Crippen MR) is 36.5 cm³/mol. The van der Waals surface area contributed by atoms with Crippen LogP contribution >= 0.6 is 0 Å². The van der Waals surface area contributed by atoms with Crippen molar-refractivity contribution >= 4 is 0 Å². The SMILES string of the molecule is Cc1cncncn[nH]c1. The maximum atomic E-state index is 3.86. The van der Waals surface area contributed by atoms with Gasteiger partial charge in [0, 0.05) is 12.4 Å². The maximum absolute atomic E-state index is 3.86. The number of rotatable bonds is 0. The van der Waals surface area contributed by atoms with Crippen LogP contribution < -0.4 is 0 Å². The van der Waals surface area contributed by atoms with Gasteiger partial charge in [0.1, 0.15) is 12.7 Å². The summed E-state index contributed by atoms with van der Waals surface area (Å²) in [5.74, 6) is 0. The van der Waals surface area contributed by atoms with Crippen molar-refractivity contribution in [1.82, 2.24) is 20.2 Å². The summed E-state index contributed by atoms with van der Waals surface area (Å²) < 4.78 is 0. The molecule has 1 N–H and O–H groups in total. The Morgan fingerprint density at radius 1 is 1.30 bits per heavy atom. The van der Waals surface area contributed by atoms with Gasteiger partial charge in [-0.05, 0) is 12.5 Å². The van der Waals surface area contributed by atoms with Gasteiger partial charge < -0.3 is 0 Å². The Morgan fingerprint density at radius 2 is 2.20 bits per heavy atom. The van der Waals surface area contributed by atoms with Gasteiger partial charge in [0.15, 0.2) is 0 Å². The van der Waals surface area contributed by atoms with E-state index in [0.717, 1.165) is 5.56 Å². The van der Waals surface area contributed by atoms with Gasteiger partial charge in [0.05, 0.1) is 0 Å². The number of H-pyrrole nitrogens is 1. The van der Waals surface area contributed by atoms with E-state index in [1.54, 1.807) is 12.4 Å². The molecule has 0 bridgehead atoms. The lowest BCUT2D eigenvalue weighted by atomic mass is 10.4. The Bertz CT molecular complexity index is 217. The van der Waals surface area contributed by atoms with Crippen molar-refractivity contribution < 1.29 is 0 Å². The minimum absolute atomic E-state index is 1.01. The molecule has 52 valence electrons. The van der Waals surface area contributed by atoms with E-state index in [4.69, 9.17) is 0 Å². The summed E-state index contributed by atoms with van der Waals surface area (Å²) in [5.41, 5.74) is 1.01. The summed E-state index contributed by atoms with van der Waals surface area (Å²) in [5, 5.41) is 6.39. The summed E-state index contributed by atoms with van der Waals surface area (Å²) in [6.45, 7) is 1.92. The minimum Gasteiger partial charge on any atom is -0.284 e. The fourth-order valence-electron chi connectivity index (χ4n) is 0.462. The highest BCUT2D eigenvalue weighted by Crippen LogP contribution is 1.81. The smallest absolute Gasteiger partial charge is 0.137 e. The van der Waals surface area contributed by atoms with E-state index in [1.807, 2.05) is 6.92 Å². The van der Waals surface area contributed by atoms with Gasteiger partial charge in [-0.2, -0.15) is 5.10 Å². The van der Waals surface area contributed by atoms with Gasteiger partial charge in [-0.3, -0.25) is 5.10 Å². The molecular formula is C6H8N4.